The summed E-state index contributed by atoms with van der Waals surface area (Å²) in [6.45, 7) is 3.19. The molecule has 2 aromatic carbocycles. The second kappa shape index (κ2) is 13.5. The lowest BCUT2D eigenvalue weighted by atomic mass is 9.95. The molecule has 0 saturated carbocycles. The molecule has 0 unspecified atom stereocenters. The highest BCUT2D eigenvalue weighted by molar-refractivity contribution is 14.1. The molecule has 0 aliphatic carbocycles. The molecule has 0 saturated heterocycles. The fraction of sp³-hybridized carbons (Fsp3) is 0.280. The van der Waals surface area contributed by atoms with Gasteiger partial charge in [0.2, 0.25) is 0 Å². The van der Waals surface area contributed by atoms with E-state index in [0.717, 1.165) is 13.6 Å². The van der Waals surface area contributed by atoms with Crippen molar-refractivity contribution in [1.82, 2.24) is 16.1 Å². The Balaban J connectivity index is 1.68. The van der Waals surface area contributed by atoms with E-state index in [1.54, 1.807) is 39.2 Å². The van der Waals surface area contributed by atoms with E-state index in [9.17, 15) is 14.4 Å². The smallest absolute Gasteiger partial charge is 0.338 e. The van der Waals surface area contributed by atoms with Crippen LogP contribution in [0.15, 0.2) is 51.2 Å². The zero-order chi connectivity index (χ0) is 27.8. The lowest BCUT2D eigenvalue weighted by Gasteiger charge is -2.28. The number of benzene rings is 2. The largest absolute Gasteiger partial charge is 0.494 e. The Morgan fingerprint density at radius 2 is 1.95 bits per heavy atom. The summed E-state index contributed by atoms with van der Waals surface area (Å²) in [5.41, 5.74) is 4.41. The molecule has 13 heteroatoms. The number of hydrogen-bond acceptors (Lipinski definition) is 8. The van der Waals surface area contributed by atoms with Gasteiger partial charge in [0.05, 0.1) is 46.7 Å². The highest BCUT2D eigenvalue weighted by Crippen LogP contribution is 2.35. The van der Waals surface area contributed by atoms with Crippen molar-refractivity contribution in [2.45, 2.75) is 19.9 Å². The van der Waals surface area contributed by atoms with E-state index in [1.165, 1.54) is 13.3 Å². The number of nitrogens with one attached hydrogen (secondary N) is 3. The number of carbonyl (C=O) groups excluding carboxylic acids is 3. The first-order valence-electron chi connectivity index (χ1n) is 11.3. The van der Waals surface area contributed by atoms with Crippen LogP contribution in [0.1, 0.15) is 31.0 Å². The molecule has 202 valence electrons. The molecule has 1 heterocycles. The third-order valence-corrected chi connectivity index (χ3v) is 6.66. The molecular formula is C25H26BrIN4O7. The highest BCUT2D eigenvalue weighted by atomic mass is 127. The Bertz CT molecular complexity index is 1280. The number of carbonyl (C=O) groups is 3. The van der Waals surface area contributed by atoms with Gasteiger partial charge in [-0.05, 0) is 87.8 Å². The maximum Gasteiger partial charge on any atom is 0.338 e. The van der Waals surface area contributed by atoms with Crippen LogP contribution in [0.25, 0.3) is 0 Å². The summed E-state index contributed by atoms with van der Waals surface area (Å²) in [7, 11) is 3.03. The number of methoxy groups -OCH3 is 2. The van der Waals surface area contributed by atoms with Crippen molar-refractivity contribution in [1.29, 1.82) is 0 Å². The number of hydrogen-bond donors (Lipinski definition) is 3. The molecule has 2 aromatic rings. The SMILES string of the molecule is CCOC(=O)C1=C(C)NC(=O)N[C@H]1c1ccc(OCC(=O)N/N=C\c2cc(Br)c(OC)c(I)c2)c(OC)c1. The number of amides is 3. The fourth-order valence-electron chi connectivity index (χ4n) is 3.61. The second-order valence-electron chi connectivity index (χ2n) is 7.80. The quantitative estimate of drug-likeness (QED) is 0.149. The van der Waals surface area contributed by atoms with Crippen LogP contribution < -0.4 is 30.3 Å². The van der Waals surface area contributed by atoms with Crippen LogP contribution in [0.2, 0.25) is 0 Å². The minimum atomic E-state index is -0.760. The van der Waals surface area contributed by atoms with Gasteiger partial charge in [-0.3, -0.25) is 4.79 Å². The molecule has 0 radical (unpaired) electrons. The number of nitrogens with zero attached hydrogens (tertiary/aromatic N) is 1. The Kier molecular flexibility index (Phi) is 10.4. The van der Waals surface area contributed by atoms with Gasteiger partial charge in [0.1, 0.15) is 5.75 Å². The fourth-order valence-corrected chi connectivity index (χ4v) is 5.49. The molecule has 0 aromatic heterocycles. The average Bonchev–Trinajstić information content (AvgIpc) is 2.86. The number of ether oxygens (including phenoxy) is 4. The summed E-state index contributed by atoms with van der Waals surface area (Å²) in [5.74, 6) is 0.290. The monoisotopic (exact) mass is 700 g/mol. The third kappa shape index (κ3) is 7.16. The number of allylic oxidation sites excluding steroid dienone is 1. The van der Waals surface area contributed by atoms with Crippen LogP contribution in [0.5, 0.6) is 17.2 Å². The predicted octanol–water partition coefficient (Wildman–Crippen LogP) is 3.79. The zero-order valence-corrected chi connectivity index (χ0v) is 24.8. The summed E-state index contributed by atoms with van der Waals surface area (Å²) < 4.78 is 23.2. The minimum absolute atomic E-state index is 0.190. The number of esters is 1. The first-order chi connectivity index (χ1) is 18.2. The van der Waals surface area contributed by atoms with Crippen LogP contribution in [0.3, 0.4) is 0 Å². The molecular weight excluding hydrogens is 675 g/mol. The van der Waals surface area contributed by atoms with E-state index in [1.807, 2.05) is 12.1 Å². The Labute approximate surface area is 241 Å². The third-order valence-electron chi connectivity index (χ3n) is 5.27. The van der Waals surface area contributed by atoms with E-state index in [4.69, 9.17) is 18.9 Å². The van der Waals surface area contributed by atoms with Gasteiger partial charge < -0.3 is 29.6 Å². The Morgan fingerprint density at radius 3 is 2.61 bits per heavy atom. The second-order valence-corrected chi connectivity index (χ2v) is 9.82. The van der Waals surface area contributed by atoms with Crippen molar-refractivity contribution < 1.29 is 33.3 Å². The van der Waals surface area contributed by atoms with Crippen molar-refractivity contribution in [3.8, 4) is 17.2 Å². The first kappa shape index (κ1) is 29.2. The Hall–Kier alpha value is -3.33. The van der Waals surface area contributed by atoms with Crippen molar-refractivity contribution in [2.24, 2.45) is 5.10 Å². The van der Waals surface area contributed by atoms with E-state index in [-0.39, 0.29) is 18.8 Å². The maximum absolute atomic E-state index is 12.5. The molecule has 11 nitrogen and oxygen atoms in total. The lowest BCUT2D eigenvalue weighted by Crippen LogP contribution is -2.45. The zero-order valence-electron chi connectivity index (χ0n) is 21.0. The number of rotatable bonds is 10. The molecule has 1 aliphatic heterocycles. The van der Waals surface area contributed by atoms with Gasteiger partial charge in [-0.2, -0.15) is 5.10 Å². The van der Waals surface area contributed by atoms with E-state index >= 15 is 0 Å². The van der Waals surface area contributed by atoms with Crippen LogP contribution in [-0.2, 0) is 14.3 Å². The first-order valence-corrected chi connectivity index (χ1v) is 13.2. The summed E-state index contributed by atoms with van der Waals surface area (Å²) in [6, 6.07) is 7.34. The van der Waals surface area contributed by atoms with Crippen LogP contribution in [0.4, 0.5) is 4.79 Å². The molecule has 38 heavy (non-hydrogen) atoms. The van der Waals surface area contributed by atoms with Crippen molar-refractivity contribution >= 4 is 62.6 Å². The van der Waals surface area contributed by atoms with Gasteiger partial charge >= 0.3 is 12.0 Å². The minimum Gasteiger partial charge on any atom is -0.494 e. The Morgan fingerprint density at radius 1 is 1.18 bits per heavy atom. The predicted molar refractivity (Wildman–Crippen MR) is 151 cm³/mol. The van der Waals surface area contributed by atoms with Crippen LogP contribution in [0, 0.1) is 3.57 Å². The van der Waals surface area contributed by atoms with Gasteiger partial charge in [0.15, 0.2) is 18.1 Å². The standard InChI is InChI=1S/C25H26BrIN4O7/c1-5-37-24(33)21-13(2)29-25(34)30-22(21)15-6-7-18(19(10-15)35-3)38-12-20(32)31-28-11-14-8-16(26)23(36-4)17(27)9-14/h6-11,22H,5,12H2,1-4H3,(H,31,32)(H2,29,30,34)/b28-11-/t22-/m0/s1. The van der Waals surface area contributed by atoms with Crippen LogP contribution in [-0.4, -0.2) is 51.6 Å². The van der Waals surface area contributed by atoms with Crippen molar-refractivity contribution in [3.63, 3.8) is 0 Å². The van der Waals surface area contributed by atoms with Gasteiger partial charge in [0.25, 0.3) is 5.91 Å². The van der Waals surface area contributed by atoms with Gasteiger partial charge in [-0.15, -0.1) is 0 Å². The highest BCUT2D eigenvalue weighted by Gasteiger charge is 2.32. The van der Waals surface area contributed by atoms with Crippen LogP contribution >= 0.6 is 38.5 Å². The summed E-state index contributed by atoms with van der Waals surface area (Å²) in [5, 5.41) is 9.28. The topological polar surface area (TPSA) is 137 Å². The molecule has 3 amide bonds. The number of urea groups is 1. The van der Waals surface area contributed by atoms with Crippen molar-refractivity contribution in [3.05, 3.63) is 60.8 Å². The maximum atomic E-state index is 12.5. The van der Waals surface area contributed by atoms with Gasteiger partial charge in [-0.25, -0.2) is 15.0 Å². The average molecular weight is 701 g/mol. The van der Waals surface area contributed by atoms with Gasteiger partial charge in [0, 0.05) is 5.70 Å². The molecule has 1 atom stereocenters. The molecule has 1 aliphatic rings. The summed E-state index contributed by atoms with van der Waals surface area (Å²) >= 11 is 5.58. The van der Waals surface area contributed by atoms with E-state index in [0.29, 0.717) is 28.5 Å². The molecule has 0 bridgehead atoms. The normalized spacial score (nSPS) is 15.0. The lowest BCUT2D eigenvalue weighted by molar-refractivity contribution is -0.139. The molecule has 3 rings (SSSR count). The van der Waals surface area contributed by atoms with E-state index < -0.39 is 23.9 Å². The summed E-state index contributed by atoms with van der Waals surface area (Å²) in [6.07, 6.45) is 1.50. The number of hydrazone groups is 1. The van der Waals surface area contributed by atoms with Crippen molar-refractivity contribution in [2.75, 3.05) is 27.4 Å². The molecule has 0 spiro atoms. The number of halogens is 2. The van der Waals surface area contributed by atoms with E-state index in [2.05, 4.69) is 59.7 Å². The van der Waals surface area contributed by atoms with Gasteiger partial charge in [-0.1, -0.05) is 6.07 Å². The molecule has 0 fully saturated rings. The molecule has 3 N–H and O–H groups in total. The summed E-state index contributed by atoms with van der Waals surface area (Å²) in [4.78, 5) is 36.9.